The summed E-state index contributed by atoms with van der Waals surface area (Å²) in [6, 6.07) is 15.6. The summed E-state index contributed by atoms with van der Waals surface area (Å²) in [6.07, 6.45) is 2.20. The zero-order chi connectivity index (χ0) is 21.7. The number of nitrogens with zero attached hydrogens (tertiary/aromatic N) is 3. The van der Waals surface area contributed by atoms with Gasteiger partial charge in [-0.25, -0.2) is 9.67 Å². The van der Waals surface area contributed by atoms with Gasteiger partial charge >= 0.3 is 0 Å². The lowest BCUT2D eigenvalue weighted by Crippen LogP contribution is -2.14. The third-order valence-electron chi connectivity index (χ3n) is 5.78. The lowest BCUT2D eigenvalue weighted by molar-refractivity contribution is 0.102. The number of fused-ring (bicyclic) bond motifs is 1. The Morgan fingerprint density at radius 1 is 1.06 bits per heavy atom. The summed E-state index contributed by atoms with van der Waals surface area (Å²) in [5.74, 6) is 0.229. The number of aromatic nitrogens is 3. The highest BCUT2D eigenvalue weighted by molar-refractivity contribution is 6.31. The van der Waals surface area contributed by atoms with Crippen LogP contribution < -0.4 is 5.32 Å². The number of benzene rings is 2. The Morgan fingerprint density at radius 2 is 1.81 bits per heavy atom. The number of halogens is 1. The summed E-state index contributed by atoms with van der Waals surface area (Å²) >= 11 is 6.25. The summed E-state index contributed by atoms with van der Waals surface area (Å²) in [4.78, 5) is 18.3. The number of carbonyl (C=O) groups is 1. The highest BCUT2D eigenvalue weighted by Crippen LogP contribution is 2.41. The Morgan fingerprint density at radius 3 is 2.48 bits per heavy atom. The molecule has 4 aromatic rings. The maximum absolute atomic E-state index is 13.3. The van der Waals surface area contributed by atoms with Crippen LogP contribution in [0.15, 0.2) is 48.5 Å². The van der Waals surface area contributed by atoms with E-state index in [-0.39, 0.29) is 5.91 Å². The highest BCUT2D eigenvalue weighted by Gasteiger charge is 2.29. The number of carbonyl (C=O) groups excluding carboxylic acids is 1. The largest absolute Gasteiger partial charge is 0.322 e. The van der Waals surface area contributed by atoms with Crippen LogP contribution in [0.25, 0.3) is 16.7 Å². The molecule has 0 unspecified atom stereocenters. The molecular weight excluding hydrogens is 408 g/mol. The fraction of sp³-hybridized carbons (Fsp3) is 0.240. The molecule has 0 aliphatic heterocycles. The van der Waals surface area contributed by atoms with Crippen molar-refractivity contribution < 1.29 is 4.79 Å². The molecule has 156 valence electrons. The van der Waals surface area contributed by atoms with Crippen molar-refractivity contribution in [2.24, 2.45) is 0 Å². The van der Waals surface area contributed by atoms with Crippen LogP contribution in [0.1, 0.15) is 51.6 Å². The monoisotopic (exact) mass is 430 g/mol. The number of hydrogen-bond donors (Lipinski definition) is 1. The fourth-order valence-corrected chi connectivity index (χ4v) is 3.99. The van der Waals surface area contributed by atoms with Crippen LogP contribution in [0.5, 0.6) is 0 Å². The summed E-state index contributed by atoms with van der Waals surface area (Å²) in [5, 5.41) is 9.14. The Bertz CT molecular complexity index is 1320. The quantitative estimate of drug-likeness (QED) is 0.423. The predicted molar refractivity (Wildman–Crippen MR) is 124 cm³/mol. The van der Waals surface area contributed by atoms with Crippen molar-refractivity contribution in [3.05, 3.63) is 81.6 Å². The van der Waals surface area contributed by atoms with Crippen molar-refractivity contribution in [1.29, 1.82) is 0 Å². The highest BCUT2D eigenvalue weighted by atomic mass is 35.5. The van der Waals surface area contributed by atoms with Gasteiger partial charge in [-0.1, -0.05) is 35.4 Å². The minimum atomic E-state index is -0.180. The van der Waals surface area contributed by atoms with E-state index >= 15 is 0 Å². The molecule has 0 radical (unpaired) electrons. The Hall–Kier alpha value is -3.18. The van der Waals surface area contributed by atoms with Crippen LogP contribution in [0.3, 0.4) is 0 Å². The van der Waals surface area contributed by atoms with Gasteiger partial charge < -0.3 is 5.32 Å². The van der Waals surface area contributed by atoms with E-state index in [9.17, 15) is 4.79 Å². The minimum absolute atomic E-state index is 0.180. The van der Waals surface area contributed by atoms with Gasteiger partial charge in [0.05, 0.1) is 22.3 Å². The van der Waals surface area contributed by atoms with E-state index in [1.807, 2.05) is 48.9 Å². The zero-order valence-electron chi connectivity index (χ0n) is 17.7. The van der Waals surface area contributed by atoms with Crippen molar-refractivity contribution in [3.63, 3.8) is 0 Å². The van der Waals surface area contributed by atoms with Gasteiger partial charge in [0.2, 0.25) is 0 Å². The maximum Gasteiger partial charge on any atom is 0.256 e. The van der Waals surface area contributed by atoms with E-state index in [0.29, 0.717) is 22.2 Å². The second-order valence-corrected chi connectivity index (χ2v) is 8.73. The van der Waals surface area contributed by atoms with E-state index in [0.717, 1.165) is 46.5 Å². The number of aryl methyl sites for hydroxylation is 3. The van der Waals surface area contributed by atoms with Gasteiger partial charge in [-0.05, 0) is 69.5 Å². The molecule has 1 aliphatic carbocycles. The van der Waals surface area contributed by atoms with E-state index in [1.165, 1.54) is 5.56 Å². The predicted octanol–water partition coefficient (Wildman–Crippen LogP) is 6.13. The van der Waals surface area contributed by atoms with Crippen LogP contribution in [-0.4, -0.2) is 20.7 Å². The van der Waals surface area contributed by atoms with Crippen LogP contribution >= 0.6 is 11.6 Å². The van der Waals surface area contributed by atoms with E-state index in [2.05, 4.69) is 24.4 Å². The molecule has 2 aromatic heterocycles. The molecule has 6 heteroatoms. The maximum atomic E-state index is 13.3. The molecule has 2 heterocycles. The zero-order valence-corrected chi connectivity index (χ0v) is 18.5. The molecule has 0 spiro atoms. The van der Waals surface area contributed by atoms with Crippen LogP contribution in [-0.2, 0) is 0 Å². The lowest BCUT2D eigenvalue weighted by atomic mass is 10.1. The first-order chi connectivity index (χ1) is 14.9. The molecule has 1 amide bonds. The van der Waals surface area contributed by atoms with Crippen LogP contribution in [0.2, 0.25) is 5.02 Å². The number of amides is 1. The van der Waals surface area contributed by atoms with Gasteiger partial charge in [-0.2, -0.15) is 5.10 Å². The van der Waals surface area contributed by atoms with E-state index in [4.69, 9.17) is 21.7 Å². The minimum Gasteiger partial charge on any atom is -0.322 e. The lowest BCUT2D eigenvalue weighted by Gasteiger charge is -2.10. The SMILES string of the molecule is Cc1ccc(-n2nc(C)c3c(C(=O)Nc4ccc(C)c(Cl)c4)cc(C4CC4)nc32)cc1. The standard InChI is InChI=1S/C25H23ClN4O/c1-14-4-10-19(11-5-14)30-24-23(16(3)29-30)20(13-22(28-24)17-7-8-17)25(31)27-18-9-6-15(2)21(26)12-18/h4-6,9-13,17H,7-8H2,1-3H3,(H,27,31). The van der Waals surface area contributed by atoms with Crippen molar-refractivity contribution in [1.82, 2.24) is 14.8 Å². The fourth-order valence-electron chi connectivity index (χ4n) is 3.81. The number of anilines is 1. The molecule has 5 rings (SSSR count). The molecule has 1 aliphatic rings. The van der Waals surface area contributed by atoms with Crippen LogP contribution in [0, 0.1) is 20.8 Å². The van der Waals surface area contributed by atoms with Gasteiger partial charge in [-0.3, -0.25) is 4.79 Å². The van der Waals surface area contributed by atoms with E-state index < -0.39 is 0 Å². The van der Waals surface area contributed by atoms with Gasteiger partial charge in [0.25, 0.3) is 5.91 Å². The van der Waals surface area contributed by atoms with Gasteiger partial charge in [0.1, 0.15) is 0 Å². The number of rotatable bonds is 4. The molecule has 0 bridgehead atoms. The molecule has 0 saturated heterocycles. The summed E-state index contributed by atoms with van der Waals surface area (Å²) in [5.41, 5.74) is 6.79. The third kappa shape index (κ3) is 3.70. The average molecular weight is 431 g/mol. The van der Waals surface area contributed by atoms with Gasteiger partial charge in [0.15, 0.2) is 5.65 Å². The van der Waals surface area contributed by atoms with Crippen molar-refractivity contribution >= 4 is 34.2 Å². The first kappa shape index (κ1) is 19.8. The summed E-state index contributed by atoms with van der Waals surface area (Å²) < 4.78 is 1.84. The molecule has 1 saturated carbocycles. The second-order valence-electron chi connectivity index (χ2n) is 8.32. The molecule has 5 nitrogen and oxygen atoms in total. The normalized spacial score (nSPS) is 13.5. The van der Waals surface area contributed by atoms with Crippen molar-refractivity contribution in [2.45, 2.75) is 39.5 Å². The first-order valence-electron chi connectivity index (χ1n) is 10.5. The Kier molecular flexibility index (Phi) is 4.78. The number of nitrogens with one attached hydrogen (secondary N) is 1. The second kappa shape index (κ2) is 7.50. The molecule has 0 atom stereocenters. The average Bonchev–Trinajstić information content (AvgIpc) is 3.55. The molecule has 2 aromatic carbocycles. The summed E-state index contributed by atoms with van der Waals surface area (Å²) in [7, 11) is 0. The molecule has 1 fully saturated rings. The Balaban J connectivity index is 1.64. The number of hydrogen-bond acceptors (Lipinski definition) is 3. The van der Waals surface area contributed by atoms with Crippen LogP contribution in [0.4, 0.5) is 5.69 Å². The summed E-state index contributed by atoms with van der Waals surface area (Å²) in [6.45, 7) is 5.91. The smallest absolute Gasteiger partial charge is 0.256 e. The van der Waals surface area contributed by atoms with Gasteiger partial charge in [0, 0.05) is 22.3 Å². The van der Waals surface area contributed by atoms with Crippen molar-refractivity contribution in [3.8, 4) is 5.69 Å². The third-order valence-corrected chi connectivity index (χ3v) is 6.19. The Labute approximate surface area is 186 Å². The molecule has 1 N–H and O–H groups in total. The number of pyridine rings is 1. The van der Waals surface area contributed by atoms with E-state index in [1.54, 1.807) is 6.07 Å². The molecular formula is C25H23ClN4O. The van der Waals surface area contributed by atoms with Gasteiger partial charge in [-0.15, -0.1) is 0 Å². The topological polar surface area (TPSA) is 59.8 Å². The van der Waals surface area contributed by atoms with Crippen molar-refractivity contribution in [2.75, 3.05) is 5.32 Å². The first-order valence-corrected chi connectivity index (χ1v) is 10.8. The molecule has 31 heavy (non-hydrogen) atoms.